The zero-order chi connectivity index (χ0) is 63.1. The molecule has 0 spiro atoms. The van der Waals surface area contributed by atoms with Crippen LogP contribution >= 0.6 is 0 Å². The molecule has 2 aliphatic heterocycles. The zero-order valence-electron chi connectivity index (χ0n) is 54.2. The molecule has 9 N–H and O–H groups in total. The van der Waals surface area contributed by atoms with E-state index in [0.717, 1.165) is 89.9 Å². The Bertz CT molecular complexity index is 1880. The van der Waals surface area contributed by atoms with Gasteiger partial charge >= 0.3 is 0 Å². The molecule has 87 heavy (non-hydrogen) atoms. The Morgan fingerprint density at radius 2 is 0.793 bits per heavy atom. The van der Waals surface area contributed by atoms with Crippen LogP contribution in [-0.4, -0.2) is 140 Å². The highest BCUT2D eigenvalue weighted by Gasteiger charge is 2.51. The highest BCUT2D eigenvalue weighted by Crippen LogP contribution is 2.30. The van der Waals surface area contributed by atoms with Gasteiger partial charge in [0.15, 0.2) is 12.6 Å². The Morgan fingerprint density at radius 1 is 0.425 bits per heavy atom. The first-order valence-electron chi connectivity index (χ1n) is 34.6. The first-order valence-corrected chi connectivity index (χ1v) is 34.6. The summed E-state index contributed by atoms with van der Waals surface area (Å²) < 4.78 is 22.8. The minimum absolute atomic E-state index is 0.242. The first kappa shape index (κ1) is 79.7. The number of carbonyl (C=O) groups excluding carboxylic acids is 1. The van der Waals surface area contributed by atoms with E-state index in [1.807, 2.05) is 6.08 Å². The molecule has 0 aromatic carbocycles. The molecule has 0 aromatic rings. The quantitative estimate of drug-likeness (QED) is 0.0204. The standard InChI is InChI=1S/C73H125NO13/c1-3-5-7-9-11-13-15-17-18-19-20-21-22-23-24-25-26-27-28-29-30-31-32-33-34-35-36-37-38-39-40-41-42-43-44-45-47-49-51-53-55-57-65(78)74-61(62(77)56-54-52-50-48-46-16-14-12-10-8-6-4-2)60-84-72-70(83)68(81)71(64(59-76)86-72)87-73-69(82)67(80)66(79)63(58-75)85-73/h5,7,11,13,17-18,20-21,23-24,26-27,29-30,32-33,54,56,61-64,66-73,75-77,79-83H,3-4,6,8-10,12,14-16,19,22,25,28,31,34-53,55,57-60H2,1-2H3,(H,74,78)/b7-5-,13-11-,18-17-,21-20-,24-23-,27-26-,30-29-,33-32-,56-54+. The van der Waals surface area contributed by atoms with E-state index in [1.165, 1.54) is 135 Å². The van der Waals surface area contributed by atoms with Crippen molar-refractivity contribution in [1.82, 2.24) is 5.32 Å². The van der Waals surface area contributed by atoms with E-state index in [2.05, 4.69) is 116 Å². The molecule has 0 aromatic heterocycles. The molecular weight excluding hydrogens is 1100 g/mol. The van der Waals surface area contributed by atoms with Gasteiger partial charge < -0.3 is 65.1 Å². The van der Waals surface area contributed by atoms with Crippen molar-refractivity contribution in [1.29, 1.82) is 0 Å². The summed E-state index contributed by atoms with van der Waals surface area (Å²) in [5.74, 6) is -0.242. The molecule has 2 saturated heterocycles. The van der Waals surface area contributed by atoms with Gasteiger partial charge in [-0.05, 0) is 83.5 Å². The van der Waals surface area contributed by atoms with Gasteiger partial charge in [0.05, 0.1) is 32.0 Å². The molecule has 14 nitrogen and oxygen atoms in total. The van der Waals surface area contributed by atoms with E-state index < -0.39 is 86.8 Å². The second kappa shape index (κ2) is 56.6. The SMILES string of the molecule is CC/C=C\C/C=C\C/C=C\C/C=C\C/C=C\C/C=C\C/C=C\C/C=C\CCCCCCCCCCCCCCCCCCC(=O)NC(COC1OC(CO)C(OC2OC(CO)C(O)C(O)C2O)C(O)C1O)C(O)/C=C/CCCCCCCCCCCC. The lowest BCUT2D eigenvalue weighted by Crippen LogP contribution is -2.65. The van der Waals surface area contributed by atoms with Crippen LogP contribution in [0.3, 0.4) is 0 Å². The van der Waals surface area contributed by atoms with Crippen molar-refractivity contribution in [2.24, 2.45) is 0 Å². The summed E-state index contributed by atoms with van der Waals surface area (Å²) >= 11 is 0. The number of allylic oxidation sites excluding steroid dienone is 17. The Balaban J connectivity index is 1.56. The van der Waals surface area contributed by atoms with Gasteiger partial charge in [0.25, 0.3) is 0 Å². The summed E-state index contributed by atoms with van der Waals surface area (Å²) in [6.45, 7) is 2.67. The molecule has 0 aliphatic carbocycles. The maximum Gasteiger partial charge on any atom is 0.220 e. The highest BCUT2D eigenvalue weighted by atomic mass is 16.7. The Hall–Kier alpha value is -3.35. The lowest BCUT2D eigenvalue weighted by Gasteiger charge is -2.46. The van der Waals surface area contributed by atoms with Crippen molar-refractivity contribution in [3.05, 3.63) is 109 Å². The zero-order valence-corrected chi connectivity index (χ0v) is 54.2. The number of ether oxygens (including phenoxy) is 4. The summed E-state index contributed by atoms with van der Waals surface area (Å²) in [4.78, 5) is 13.3. The molecule has 500 valence electrons. The van der Waals surface area contributed by atoms with Crippen molar-refractivity contribution < 1.29 is 64.6 Å². The maximum atomic E-state index is 13.3. The predicted molar refractivity (Wildman–Crippen MR) is 355 cm³/mol. The number of hydrogen-bond donors (Lipinski definition) is 9. The molecule has 0 radical (unpaired) electrons. The molecule has 2 aliphatic rings. The Labute approximate surface area is 527 Å². The summed E-state index contributed by atoms with van der Waals surface area (Å²) in [6.07, 6.45) is 64.5. The number of carbonyl (C=O) groups is 1. The van der Waals surface area contributed by atoms with Gasteiger partial charge in [-0.25, -0.2) is 0 Å². The molecule has 2 rings (SSSR count). The Kier molecular flexibility index (Phi) is 51.9. The predicted octanol–water partition coefficient (Wildman–Crippen LogP) is 14.0. The minimum Gasteiger partial charge on any atom is -0.394 e. The number of unbranched alkanes of at least 4 members (excludes halogenated alkanes) is 26. The third-order valence-electron chi connectivity index (χ3n) is 16.2. The number of aliphatic hydroxyl groups excluding tert-OH is 8. The van der Waals surface area contributed by atoms with E-state index in [4.69, 9.17) is 18.9 Å². The fourth-order valence-electron chi connectivity index (χ4n) is 10.7. The van der Waals surface area contributed by atoms with E-state index in [1.54, 1.807) is 6.08 Å². The molecule has 14 heteroatoms. The lowest BCUT2D eigenvalue weighted by atomic mass is 9.97. The van der Waals surface area contributed by atoms with Crippen molar-refractivity contribution >= 4 is 5.91 Å². The average molecular weight is 1220 g/mol. The lowest BCUT2D eigenvalue weighted by molar-refractivity contribution is -0.359. The molecule has 0 bridgehead atoms. The fraction of sp³-hybridized carbons (Fsp3) is 0.740. The van der Waals surface area contributed by atoms with Crippen LogP contribution in [-0.2, 0) is 23.7 Å². The molecular formula is C73H125NO13. The largest absolute Gasteiger partial charge is 0.394 e. The van der Waals surface area contributed by atoms with Crippen molar-refractivity contribution in [3.63, 3.8) is 0 Å². The van der Waals surface area contributed by atoms with Crippen molar-refractivity contribution in [2.75, 3.05) is 19.8 Å². The van der Waals surface area contributed by atoms with E-state index in [-0.39, 0.29) is 18.9 Å². The second-order valence-electron chi connectivity index (χ2n) is 23.9. The van der Waals surface area contributed by atoms with Gasteiger partial charge in [-0.2, -0.15) is 0 Å². The number of aliphatic hydroxyl groups is 8. The molecule has 12 unspecified atom stereocenters. The number of rotatable bonds is 55. The van der Waals surface area contributed by atoms with Gasteiger partial charge in [0, 0.05) is 6.42 Å². The maximum absolute atomic E-state index is 13.3. The van der Waals surface area contributed by atoms with Crippen LogP contribution in [0.1, 0.15) is 251 Å². The number of amides is 1. The molecule has 12 atom stereocenters. The van der Waals surface area contributed by atoms with Crippen LogP contribution in [0, 0.1) is 0 Å². The average Bonchev–Trinajstić information content (AvgIpc) is 2.31. The minimum atomic E-state index is -1.79. The summed E-state index contributed by atoms with van der Waals surface area (Å²) in [5.41, 5.74) is 0. The molecule has 2 heterocycles. The normalized spacial score (nSPS) is 24.0. The third-order valence-corrected chi connectivity index (χ3v) is 16.2. The van der Waals surface area contributed by atoms with Gasteiger partial charge in [-0.3, -0.25) is 4.79 Å². The van der Waals surface area contributed by atoms with Crippen molar-refractivity contribution in [3.8, 4) is 0 Å². The van der Waals surface area contributed by atoms with E-state index >= 15 is 0 Å². The topological polar surface area (TPSA) is 228 Å². The van der Waals surface area contributed by atoms with Crippen LogP contribution in [0.15, 0.2) is 109 Å². The van der Waals surface area contributed by atoms with Gasteiger partial charge in [-0.1, -0.05) is 271 Å². The van der Waals surface area contributed by atoms with Gasteiger partial charge in [0.1, 0.15) is 48.8 Å². The van der Waals surface area contributed by atoms with Crippen LogP contribution in [0.4, 0.5) is 0 Å². The summed E-state index contributed by atoms with van der Waals surface area (Å²) in [6, 6.07) is -0.918. The first-order chi connectivity index (χ1) is 42.6. The van der Waals surface area contributed by atoms with Crippen LogP contribution in [0.2, 0.25) is 0 Å². The van der Waals surface area contributed by atoms with Crippen LogP contribution < -0.4 is 5.32 Å². The van der Waals surface area contributed by atoms with Crippen molar-refractivity contribution in [2.45, 2.75) is 325 Å². The van der Waals surface area contributed by atoms with Crippen LogP contribution in [0.5, 0.6) is 0 Å². The number of nitrogens with one attached hydrogen (secondary N) is 1. The van der Waals surface area contributed by atoms with E-state index in [9.17, 15) is 45.6 Å². The molecule has 0 saturated carbocycles. The van der Waals surface area contributed by atoms with Gasteiger partial charge in [0.2, 0.25) is 5.91 Å². The van der Waals surface area contributed by atoms with Crippen LogP contribution in [0.25, 0.3) is 0 Å². The molecule has 2 fully saturated rings. The highest BCUT2D eigenvalue weighted by molar-refractivity contribution is 5.76. The summed E-state index contributed by atoms with van der Waals surface area (Å²) in [7, 11) is 0. The smallest absolute Gasteiger partial charge is 0.220 e. The third kappa shape index (κ3) is 40.9. The fourth-order valence-corrected chi connectivity index (χ4v) is 10.7. The monoisotopic (exact) mass is 1220 g/mol. The molecule has 1 amide bonds. The van der Waals surface area contributed by atoms with Gasteiger partial charge in [-0.15, -0.1) is 0 Å². The van der Waals surface area contributed by atoms with E-state index in [0.29, 0.717) is 6.42 Å². The second-order valence-corrected chi connectivity index (χ2v) is 23.9. The summed E-state index contributed by atoms with van der Waals surface area (Å²) in [5, 5.41) is 87.1. The number of hydrogen-bond acceptors (Lipinski definition) is 13. The Morgan fingerprint density at radius 3 is 1.22 bits per heavy atom.